The molecule has 2 fully saturated rings. The highest BCUT2D eigenvalue weighted by atomic mass is 14.9. The van der Waals surface area contributed by atoms with E-state index in [0.717, 1.165) is 29.1 Å². The summed E-state index contributed by atoms with van der Waals surface area (Å²) in [6, 6.07) is 41.5. The van der Waals surface area contributed by atoms with Gasteiger partial charge in [-0.25, -0.2) is 0 Å². The van der Waals surface area contributed by atoms with Gasteiger partial charge in [-0.15, -0.1) is 0 Å². The molecular weight excluding hydrogens is 542 g/mol. The van der Waals surface area contributed by atoms with Crippen molar-refractivity contribution in [2.75, 3.05) is 5.32 Å². The minimum absolute atomic E-state index is 0.0752. The molecule has 0 aliphatic heterocycles. The highest BCUT2D eigenvalue weighted by molar-refractivity contribution is 5.88. The Hall–Kier alpha value is -4.10. The topological polar surface area (TPSA) is 12.0 Å². The van der Waals surface area contributed by atoms with Crippen LogP contribution in [0.5, 0.6) is 0 Å². The van der Waals surface area contributed by atoms with Crippen LogP contribution in [-0.4, -0.2) is 0 Å². The average molecular weight is 586 g/mol. The fourth-order valence-electron chi connectivity index (χ4n) is 10.6. The first kappa shape index (κ1) is 27.2. The molecule has 4 aliphatic carbocycles. The molecule has 0 amide bonds. The Morgan fingerprint density at radius 1 is 0.533 bits per heavy atom. The fourth-order valence-corrected chi connectivity index (χ4v) is 10.6. The lowest BCUT2D eigenvalue weighted by Crippen LogP contribution is -2.49. The van der Waals surface area contributed by atoms with Crippen molar-refractivity contribution in [3.8, 4) is 33.4 Å². The second-order valence-corrected chi connectivity index (χ2v) is 15.3. The summed E-state index contributed by atoms with van der Waals surface area (Å²) in [6.07, 6.45) is 5.54. The van der Waals surface area contributed by atoms with Crippen molar-refractivity contribution in [3.05, 3.63) is 131 Å². The Morgan fingerprint density at radius 3 is 2.04 bits per heavy atom. The van der Waals surface area contributed by atoms with Crippen molar-refractivity contribution >= 4 is 11.4 Å². The van der Waals surface area contributed by atoms with Crippen LogP contribution in [0.3, 0.4) is 0 Å². The molecular formula is C44H43N. The van der Waals surface area contributed by atoms with Crippen LogP contribution in [0.1, 0.15) is 75.6 Å². The van der Waals surface area contributed by atoms with Crippen LogP contribution in [0.25, 0.3) is 33.4 Å². The van der Waals surface area contributed by atoms with Crippen LogP contribution >= 0.6 is 0 Å². The lowest BCUT2D eigenvalue weighted by atomic mass is 9.49. The summed E-state index contributed by atoms with van der Waals surface area (Å²) in [5.74, 6) is 3.14. The SMILES string of the molecule is CC1CC2CC(C)C3(c4ccccc4-c4cc(-c5ccc6c(c5)C(C)(C)c5cc(Nc7ccccc7)ccc5-6)ccc43)C(C1)C2. The van der Waals surface area contributed by atoms with E-state index in [9.17, 15) is 0 Å². The molecule has 9 rings (SSSR count). The molecule has 5 unspecified atom stereocenters. The molecule has 224 valence electrons. The molecule has 1 spiro atoms. The molecule has 0 saturated heterocycles. The largest absolute Gasteiger partial charge is 0.356 e. The van der Waals surface area contributed by atoms with Gasteiger partial charge in [0, 0.05) is 22.2 Å². The van der Waals surface area contributed by atoms with Gasteiger partial charge in [-0.2, -0.15) is 0 Å². The van der Waals surface area contributed by atoms with E-state index >= 15 is 0 Å². The maximum atomic E-state index is 3.61. The first-order valence-electron chi connectivity index (χ1n) is 17.2. The zero-order chi connectivity index (χ0) is 30.5. The third-order valence-corrected chi connectivity index (χ3v) is 12.3. The van der Waals surface area contributed by atoms with Gasteiger partial charge in [0.1, 0.15) is 0 Å². The lowest BCUT2D eigenvalue weighted by molar-refractivity contribution is 0.0426. The minimum atomic E-state index is -0.0752. The van der Waals surface area contributed by atoms with E-state index in [-0.39, 0.29) is 10.8 Å². The Morgan fingerprint density at radius 2 is 1.20 bits per heavy atom. The molecule has 1 heteroatoms. The van der Waals surface area contributed by atoms with Gasteiger partial charge in [0.2, 0.25) is 0 Å². The Bertz CT molecular complexity index is 1960. The number of anilines is 2. The van der Waals surface area contributed by atoms with Gasteiger partial charge in [0.25, 0.3) is 0 Å². The van der Waals surface area contributed by atoms with Crippen molar-refractivity contribution in [2.24, 2.45) is 23.7 Å². The Balaban J connectivity index is 1.12. The van der Waals surface area contributed by atoms with E-state index in [1.165, 1.54) is 70.2 Å². The Kier molecular flexibility index (Phi) is 5.87. The number of rotatable bonds is 3. The van der Waals surface area contributed by atoms with E-state index in [1.54, 1.807) is 11.1 Å². The lowest BCUT2D eigenvalue weighted by Gasteiger charge is -2.54. The second kappa shape index (κ2) is 9.70. The van der Waals surface area contributed by atoms with Crippen LogP contribution in [0.15, 0.2) is 109 Å². The molecule has 5 atom stereocenters. The van der Waals surface area contributed by atoms with Crippen molar-refractivity contribution in [1.82, 2.24) is 0 Å². The van der Waals surface area contributed by atoms with Gasteiger partial charge in [0.05, 0.1) is 0 Å². The van der Waals surface area contributed by atoms with Crippen molar-refractivity contribution in [1.29, 1.82) is 0 Å². The van der Waals surface area contributed by atoms with E-state index in [2.05, 4.69) is 142 Å². The van der Waals surface area contributed by atoms with Crippen LogP contribution in [0, 0.1) is 23.7 Å². The van der Waals surface area contributed by atoms with Crippen molar-refractivity contribution < 1.29 is 0 Å². The van der Waals surface area contributed by atoms with Gasteiger partial charge >= 0.3 is 0 Å². The molecule has 4 aliphatic rings. The monoisotopic (exact) mass is 585 g/mol. The molecule has 0 radical (unpaired) electrons. The molecule has 0 heterocycles. The third-order valence-electron chi connectivity index (χ3n) is 12.3. The van der Waals surface area contributed by atoms with Crippen LogP contribution in [0.4, 0.5) is 11.4 Å². The maximum Gasteiger partial charge on any atom is 0.0387 e. The number of benzene rings is 5. The zero-order valence-electron chi connectivity index (χ0n) is 27.0. The predicted octanol–water partition coefficient (Wildman–Crippen LogP) is 11.8. The van der Waals surface area contributed by atoms with E-state index in [1.807, 2.05) is 0 Å². The molecule has 1 nitrogen and oxygen atoms in total. The van der Waals surface area contributed by atoms with Crippen LogP contribution in [-0.2, 0) is 10.8 Å². The molecule has 45 heavy (non-hydrogen) atoms. The van der Waals surface area contributed by atoms with E-state index in [4.69, 9.17) is 0 Å². The molecule has 1 N–H and O–H groups in total. The average Bonchev–Trinajstić information content (AvgIpc) is 3.46. The highest BCUT2D eigenvalue weighted by Gasteiger charge is 2.56. The molecule has 5 aromatic carbocycles. The van der Waals surface area contributed by atoms with Crippen molar-refractivity contribution in [2.45, 2.75) is 64.2 Å². The third kappa shape index (κ3) is 3.86. The first-order valence-corrected chi connectivity index (χ1v) is 17.2. The van der Waals surface area contributed by atoms with Gasteiger partial charge in [-0.05, 0) is 141 Å². The summed E-state index contributed by atoms with van der Waals surface area (Å²) in [7, 11) is 0. The molecule has 2 bridgehead atoms. The van der Waals surface area contributed by atoms with Crippen LogP contribution in [0.2, 0.25) is 0 Å². The number of fused-ring (bicyclic) bond motifs is 11. The first-order chi connectivity index (χ1) is 21.8. The maximum absolute atomic E-state index is 3.61. The normalized spacial score (nSPS) is 26.6. The van der Waals surface area contributed by atoms with Gasteiger partial charge in [0.15, 0.2) is 0 Å². The van der Waals surface area contributed by atoms with Crippen LogP contribution < -0.4 is 5.32 Å². The second-order valence-electron chi connectivity index (χ2n) is 15.3. The summed E-state index contributed by atoms with van der Waals surface area (Å²) in [6.45, 7) is 9.84. The summed E-state index contributed by atoms with van der Waals surface area (Å²) < 4.78 is 0. The summed E-state index contributed by atoms with van der Waals surface area (Å²) >= 11 is 0. The molecule has 5 aromatic rings. The van der Waals surface area contributed by atoms with Gasteiger partial charge in [-0.1, -0.05) is 100 Å². The molecule has 0 aromatic heterocycles. The summed E-state index contributed by atoms with van der Waals surface area (Å²) in [5.41, 5.74) is 16.7. The summed E-state index contributed by atoms with van der Waals surface area (Å²) in [5, 5.41) is 3.61. The van der Waals surface area contributed by atoms with Gasteiger partial charge < -0.3 is 5.32 Å². The number of hydrogen-bond donors (Lipinski definition) is 1. The zero-order valence-corrected chi connectivity index (χ0v) is 27.0. The number of para-hydroxylation sites is 1. The number of nitrogens with one attached hydrogen (secondary N) is 1. The van der Waals surface area contributed by atoms with Gasteiger partial charge in [-0.3, -0.25) is 0 Å². The molecule has 2 saturated carbocycles. The fraction of sp³-hybridized carbons (Fsp3) is 0.318. The minimum Gasteiger partial charge on any atom is -0.356 e. The smallest absolute Gasteiger partial charge is 0.0387 e. The van der Waals surface area contributed by atoms with Crippen molar-refractivity contribution in [3.63, 3.8) is 0 Å². The van der Waals surface area contributed by atoms with E-state index < -0.39 is 0 Å². The highest BCUT2D eigenvalue weighted by Crippen LogP contribution is 2.64. The van der Waals surface area contributed by atoms with E-state index in [0.29, 0.717) is 5.92 Å². The summed E-state index contributed by atoms with van der Waals surface area (Å²) in [4.78, 5) is 0. The quantitative estimate of drug-likeness (QED) is 0.222. The predicted molar refractivity (Wildman–Crippen MR) is 189 cm³/mol. The number of hydrogen-bond acceptors (Lipinski definition) is 1. The Labute approximate surface area is 268 Å². The standard InChI is InChI=1S/C44H43N/c1-27-20-29-22-28(2)44(32(21-27)23-29)39-13-9-8-12-35(39)38-24-30(15-19-40(38)44)31-14-17-36-37-18-16-34(45-33-10-6-5-7-11-33)26-42(37)43(3,4)41(36)25-31/h5-19,24-29,32,45H,20-23H2,1-4H3.